The quantitative estimate of drug-likeness (QED) is 0.210. The number of fused-ring (bicyclic) bond motifs is 2. The van der Waals surface area contributed by atoms with Gasteiger partial charge in [0, 0.05) is 42.0 Å². The van der Waals surface area contributed by atoms with Crippen molar-refractivity contribution < 1.29 is 31.7 Å². The van der Waals surface area contributed by atoms with Gasteiger partial charge in [-0.2, -0.15) is 8.42 Å². The van der Waals surface area contributed by atoms with Crippen LogP contribution >= 0.6 is 0 Å². The van der Waals surface area contributed by atoms with Crippen LogP contribution in [0.2, 0.25) is 0 Å². The van der Waals surface area contributed by atoms with Crippen molar-refractivity contribution >= 4 is 33.0 Å². The number of nitrogens with one attached hydrogen (secondary N) is 2. The molecule has 0 saturated carbocycles. The second-order valence-electron chi connectivity index (χ2n) is 11.3. The molecular formula is C31H34N4O7S. The monoisotopic (exact) mass is 606 g/mol. The summed E-state index contributed by atoms with van der Waals surface area (Å²) in [5, 5.41) is 6.94. The molecule has 226 valence electrons. The summed E-state index contributed by atoms with van der Waals surface area (Å²) in [6.45, 7) is 6.72. The van der Waals surface area contributed by atoms with E-state index in [1.54, 1.807) is 27.0 Å². The fraction of sp³-hybridized carbons (Fsp3) is 0.323. The number of rotatable bonds is 9. The minimum atomic E-state index is -3.93. The van der Waals surface area contributed by atoms with Gasteiger partial charge in [-0.15, -0.1) is 0 Å². The number of benzene rings is 2. The first-order valence-electron chi connectivity index (χ1n) is 13.7. The molecule has 2 aromatic carbocycles. The van der Waals surface area contributed by atoms with E-state index in [2.05, 4.69) is 15.6 Å². The smallest absolute Gasteiger partial charge is 0.419 e. The van der Waals surface area contributed by atoms with Crippen LogP contribution in [-0.4, -0.2) is 55.5 Å². The van der Waals surface area contributed by atoms with Gasteiger partial charge in [0.1, 0.15) is 5.60 Å². The largest absolute Gasteiger partial charge is 0.493 e. The Morgan fingerprint density at radius 3 is 2.60 bits per heavy atom. The number of carbonyl (C=O) groups excluding carboxylic acids is 2. The zero-order valence-corrected chi connectivity index (χ0v) is 25.5. The predicted octanol–water partition coefficient (Wildman–Crippen LogP) is 4.41. The van der Waals surface area contributed by atoms with Crippen LogP contribution in [-0.2, 0) is 34.4 Å². The molecule has 0 saturated heterocycles. The normalized spacial score (nSPS) is 13.1. The van der Waals surface area contributed by atoms with E-state index < -0.39 is 27.7 Å². The van der Waals surface area contributed by atoms with Gasteiger partial charge in [-0.3, -0.25) is 9.78 Å². The molecule has 1 aliphatic heterocycles. The summed E-state index contributed by atoms with van der Waals surface area (Å²) in [5.74, 6) is -0.387. The zero-order valence-electron chi connectivity index (χ0n) is 24.7. The van der Waals surface area contributed by atoms with E-state index in [1.165, 1.54) is 17.7 Å². The summed E-state index contributed by atoms with van der Waals surface area (Å²) in [7, 11) is -2.55. The van der Waals surface area contributed by atoms with Crippen molar-refractivity contribution in [3.63, 3.8) is 0 Å². The van der Waals surface area contributed by atoms with Gasteiger partial charge < -0.3 is 24.3 Å². The van der Waals surface area contributed by atoms with Gasteiger partial charge >= 0.3 is 16.2 Å². The Hall–Kier alpha value is -4.42. The van der Waals surface area contributed by atoms with Crippen LogP contribution in [0, 0.1) is 0 Å². The Morgan fingerprint density at radius 2 is 1.93 bits per heavy atom. The molecule has 43 heavy (non-hydrogen) atoms. The lowest BCUT2D eigenvalue weighted by molar-refractivity contribution is 0.0546. The van der Waals surface area contributed by atoms with Gasteiger partial charge in [0.2, 0.25) is 0 Å². The summed E-state index contributed by atoms with van der Waals surface area (Å²) >= 11 is 0. The number of hydrogen-bond acceptors (Lipinski definition) is 9. The molecule has 5 rings (SSSR count). The van der Waals surface area contributed by atoms with Crippen LogP contribution in [0.25, 0.3) is 22.2 Å². The maximum absolute atomic E-state index is 13.6. The van der Waals surface area contributed by atoms with Gasteiger partial charge in [-0.25, -0.2) is 9.36 Å². The fourth-order valence-corrected chi connectivity index (χ4v) is 5.55. The second-order valence-corrected chi connectivity index (χ2v) is 12.9. The molecule has 0 unspecified atom stereocenters. The Bertz CT molecular complexity index is 1810. The summed E-state index contributed by atoms with van der Waals surface area (Å²) in [5.41, 5.74) is 3.24. The summed E-state index contributed by atoms with van der Waals surface area (Å²) < 4.78 is 42.0. The lowest BCUT2D eigenvalue weighted by Crippen LogP contribution is -2.27. The van der Waals surface area contributed by atoms with E-state index in [9.17, 15) is 18.0 Å². The number of methoxy groups -OCH3 is 1. The number of pyridine rings is 1. The first-order valence-corrected chi connectivity index (χ1v) is 15.6. The van der Waals surface area contributed by atoms with Crippen molar-refractivity contribution in [2.24, 2.45) is 0 Å². The summed E-state index contributed by atoms with van der Waals surface area (Å²) in [6, 6.07) is 13.0. The SMILES string of the molecule is COc1cc(-c2cc3cc(CNCCc4cccnc4)ccc3n2C(=O)OC(C)(C)C)c2c(c1OS(C)(=O)=O)CNC2=O. The first-order chi connectivity index (χ1) is 20.3. The number of carbonyl (C=O) groups is 2. The molecule has 0 radical (unpaired) electrons. The van der Waals surface area contributed by atoms with Crippen molar-refractivity contribution in [3.8, 4) is 22.8 Å². The lowest BCUT2D eigenvalue weighted by Gasteiger charge is -2.22. The molecule has 11 nitrogen and oxygen atoms in total. The number of amides is 1. The van der Waals surface area contributed by atoms with E-state index in [1.807, 2.05) is 42.6 Å². The van der Waals surface area contributed by atoms with Gasteiger partial charge in [0.05, 0.1) is 30.1 Å². The Labute approximate surface area is 250 Å². The Morgan fingerprint density at radius 1 is 1.14 bits per heavy atom. The highest BCUT2D eigenvalue weighted by atomic mass is 32.2. The van der Waals surface area contributed by atoms with Crippen LogP contribution in [0.5, 0.6) is 11.5 Å². The van der Waals surface area contributed by atoms with Crippen molar-refractivity contribution in [3.05, 3.63) is 77.1 Å². The van der Waals surface area contributed by atoms with Crippen LogP contribution in [0.4, 0.5) is 4.79 Å². The van der Waals surface area contributed by atoms with Crippen LogP contribution in [0.3, 0.4) is 0 Å². The number of ether oxygens (including phenoxy) is 2. The van der Waals surface area contributed by atoms with Crippen LogP contribution < -0.4 is 19.6 Å². The molecule has 12 heteroatoms. The van der Waals surface area contributed by atoms with Crippen molar-refractivity contribution in [1.82, 2.24) is 20.2 Å². The van der Waals surface area contributed by atoms with Gasteiger partial charge in [0.25, 0.3) is 5.91 Å². The summed E-state index contributed by atoms with van der Waals surface area (Å²) in [6.07, 6.45) is 4.73. The Kier molecular flexibility index (Phi) is 8.17. The Balaban J connectivity index is 1.59. The molecule has 3 heterocycles. The van der Waals surface area contributed by atoms with Crippen molar-refractivity contribution in [1.29, 1.82) is 0 Å². The third kappa shape index (κ3) is 6.65. The molecule has 2 N–H and O–H groups in total. The topological polar surface area (TPSA) is 138 Å². The molecule has 0 fully saturated rings. The average Bonchev–Trinajstić information content (AvgIpc) is 3.51. The second kappa shape index (κ2) is 11.7. The average molecular weight is 607 g/mol. The molecule has 1 amide bonds. The maximum Gasteiger partial charge on any atom is 0.419 e. The van der Waals surface area contributed by atoms with Crippen LogP contribution in [0.1, 0.15) is 47.8 Å². The minimum Gasteiger partial charge on any atom is -0.493 e. The van der Waals surface area contributed by atoms with E-state index in [0.29, 0.717) is 28.9 Å². The zero-order chi connectivity index (χ0) is 30.9. The van der Waals surface area contributed by atoms with E-state index in [0.717, 1.165) is 35.7 Å². The highest BCUT2D eigenvalue weighted by molar-refractivity contribution is 7.86. The number of hydrogen-bond donors (Lipinski definition) is 2. The molecule has 0 bridgehead atoms. The molecule has 0 atom stereocenters. The fourth-order valence-electron chi connectivity index (χ4n) is 5.06. The van der Waals surface area contributed by atoms with Gasteiger partial charge in [-0.05, 0) is 75.2 Å². The number of nitrogens with zero attached hydrogens (tertiary/aromatic N) is 2. The first kappa shape index (κ1) is 30.1. The molecule has 0 spiro atoms. The standard InChI is InChI=1S/C31H34N4O7S/c1-31(2,3)41-30(37)35-24-9-8-20(17-33-12-10-19-7-6-11-32-16-19)13-21(24)14-25(35)22-15-26(40-4)28(42-43(5,38)39)23-18-34-29(36)27(22)23/h6-9,11,13-16,33H,10,12,17-18H2,1-5H3,(H,34,36). The molecule has 1 aliphatic rings. The van der Waals surface area contributed by atoms with Gasteiger partial charge in [-0.1, -0.05) is 12.1 Å². The minimum absolute atomic E-state index is 0.0325. The van der Waals surface area contributed by atoms with E-state index >= 15 is 0 Å². The predicted molar refractivity (Wildman–Crippen MR) is 162 cm³/mol. The van der Waals surface area contributed by atoms with E-state index in [-0.39, 0.29) is 23.6 Å². The highest BCUT2D eigenvalue weighted by Crippen LogP contribution is 2.44. The van der Waals surface area contributed by atoms with Gasteiger partial charge in [0.15, 0.2) is 11.5 Å². The third-order valence-electron chi connectivity index (χ3n) is 6.81. The van der Waals surface area contributed by atoms with Crippen molar-refractivity contribution in [2.75, 3.05) is 19.9 Å². The number of aromatic nitrogens is 2. The third-order valence-corrected chi connectivity index (χ3v) is 7.28. The van der Waals surface area contributed by atoms with E-state index in [4.69, 9.17) is 13.7 Å². The van der Waals surface area contributed by atoms with Crippen LogP contribution in [0.15, 0.2) is 54.9 Å². The molecule has 0 aliphatic carbocycles. The maximum atomic E-state index is 13.6. The molecule has 2 aromatic heterocycles. The molecule has 4 aromatic rings. The lowest BCUT2D eigenvalue weighted by atomic mass is 9.98. The molecular weight excluding hydrogens is 572 g/mol. The highest BCUT2D eigenvalue weighted by Gasteiger charge is 2.34. The van der Waals surface area contributed by atoms with Crippen molar-refractivity contribution in [2.45, 2.75) is 45.9 Å². The summed E-state index contributed by atoms with van der Waals surface area (Å²) in [4.78, 5) is 30.9.